The molecular weight excluding hydrogens is 238 g/mol. The van der Waals surface area contributed by atoms with Crippen LogP contribution in [0.3, 0.4) is 0 Å². The van der Waals surface area contributed by atoms with Crippen molar-refractivity contribution >= 4 is 29.5 Å². The first kappa shape index (κ1) is 6.39. The molecule has 50 valence electrons. The van der Waals surface area contributed by atoms with Gasteiger partial charge in [0, 0.05) is 0 Å². The van der Waals surface area contributed by atoms with Crippen LogP contribution in [-0.2, 0) is 0 Å². The molecule has 0 saturated carbocycles. The van der Waals surface area contributed by atoms with Gasteiger partial charge in [-0.15, -0.1) is 0 Å². The Morgan fingerprint density at radius 1 is 1.40 bits per heavy atom. The summed E-state index contributed by atoms with van der Waals surface area (Å²) in [6.45, 7) is 2.12. The molecule has 1 nitrogen and oxygen atoms in total. The van der Waals surface area contributed by atoms with Crippen molar-refractivity contribution in [1.82, 2.24) is 3.21 Å². The topological polar surface area (TPSA) is 12.9 Å². The van der Waals surface area contributed by atoms with E-state index in [1.165, 1.54) is 14.4 Å². The molecule has 2 heteroatoms. The summed E-state index contributed by atoms with van der Waals surface area (Å²) >= 11 is -0.183. The standard InChI is InChI=1S/C8H7NTe/c1-6-2-3-8-7(4-6)5-9-10-8/h2-5H,1H3. The quantitative estimate of drug-likeness (QED) is 0.642. The van der Waals surface area contributed by atoms with E-state index in [0.717, 1.165) is 0 Å². The molecule has 1 heterocycles. The van der Waals surface area contributed by atoms with E-state index in [1.54, 1.807) is 0 Å². The minimum absolute atomic E-state index is 0.183. The van der Waals surface area contributed by atoms with Crippen LogP contribution in [0.5, 0.6) is 0 Å². The van der Waals surface area contributed by atoms with Gasteiger partial charge in [-0.2, -0.15) is 0 Å². The molecule has 0 fully saturated rings. The maximum atomic E-state index is 4.30. The molecule has 0 saturated heterocycles. The second-order valence-corrected chi connectivity index (χ2v) is 4.75. The van der Waals surface area contributed by atoms with Crippen LogP contribution in [0, 0.1) is 6.92 Å². The average Bonchev–Trinajstić information content (AvgIpc) is 2.33. The molecule has 2 aromatic rings. The third-order valence-electron chi connectivity index (χ3n) is 1.51. The summed E-state index contributed by atoms with van der Waals surface area (Å²) in [6, 6.07) is 6.58. The SMILES string of the molecule is Cc1ccc2[te]ncc2c1. The van der Waals surface area contributed by atoms with Crippen LogP contribution >= 0.6 is 0 Å². The summed E-state index contributed by atoms with van der Waals surface area (Å²) in [5.41, 5.74) is 1.33. The normalized spacial score (nSPS) is 10.5. The zero-order chi connectivity index (χ0) is 6.97. The molecule has 10 heavy (non-hydrogen) atoms. The Morgan fingerprint density at radius 3 is 3.20 bits per heavy atom. The summed E-state index contributed by atoms with van der Waals surface area (Å²) in [7, 11) is 0. The Hall–Kier alpha value is -0.320. The Morgan fingerprint density at radius 2 is 2.30 bits per heavy atom. The molecule has 0 amide bonds. The van der Waals surface area contributed by atoms with Crippen LogP contribution in [0.4, 0.5) is 0 Å². The summed E-state index contributed by atoms with van der Waals surface area (Å²) in [5.74, 6) is 0. The van der Waals surface area contributed by atoms with Gasteiger partial charge in [-0.1, -0.05) is 0 Å². The van der Waals surface area contributed by atoms with Gasteiger partial charge in [0.15, 0.2) is 0 Å². The number of nitrogens with zero attached hydrogens (tertiary/aromatic N) is 1. The minimum atomic E-state index is -0.183. The molecule has 0 aliphatic carbocycles. The van der Waals surface area contributed by atoms with E-state index >= 15 is 0 Å². The molecule has 0 N–H and O–H groups in total. The van der Waals surface area contributed by atoms with Crippen molar-refractivity contribution in [2.24, 2.45) is 0 Å². The van der Waals surface area contributed by atoms with E-state index in [2.05, 4.69) is 28.3 Å². The number of benzene rings is 1. The van der Waals surface area contributed by atoms with Crippen molar-refractivity contribution in [3.63, 3.8) is 0 Å². The number of fused-ring (bicyclic) bond motifs is 1. The first-order valence-corrected chi connectivity index (χ1v) is 5.38. The van der Waals surface area contributed by atoms with Crippen molar-refractivity contribution in [2.45, 2.75) is 6.92 Å². The molecular formula is C8H7NTe. The Bertz CT molecular complexity index is 351. The number of aromatic nitrogens is 1. The van der Waals surface area contributed by atoms with Crippen LogP contribution in [0.15, 0.2) is 24.4 Å². The van der Waals surface area contributed by atoms with Gasteiger partial charge in [-0.05, 0) is 0 Å². The van der Waals surface area contributed by atoms with Gasteiger partial charge in [0.05, 0.1) is 0 Å². The van der Waals surface area contributed by atoms with Crippen molar-refractivity contribution < 1.29 is 0 Å². The third-order valence-corrected chi connectivity index (χ3v) is 3.73. The van der Waals surface area contributed by atoms with Crippen LogP contribution in [0.2, 0.25) is 0 Å². The zero-order valence-corrected chi connectivity index (χ0v) is 8.00. The molecule has 0 spiro atoms. The fourth-order valence-corrected chi connectivity index (χ4v) is 2.78. The molecule has 2 rings (SSSR count). The monoisotopic (exact) mass is 247 g/mol. The van der Waals surface area contributed by atoms with E-state index in [-0.39, 0.29) is 20.7 Å². The van der Waals surface area contributed by atoms with Crippen molar-refractivity contribution in [3.05, 3.63) is 30.0 Å². The summed E-state index contributed by atoms with van der Waals surface area (Å²) < 4.78 is 5.78. The summed E-state index contributed by atoms with van der Waals surface area (Å²) in [4.78, 5) is 0. The van der Waals surface area contributed by atoms with Gasteiger partial charge in [0.25, 0.3) is 0 Å². The van der Waals surface area contributed by atoms with E-state index in [9.17, 15) is 0 Å². The molecule has 0 bridgehead atoms. The molecule has 0 aliphatic rings. The zero-order valence-electron chi connectivity index (χ0n) is 5.66. The molecule has 0 aliphatic heterocycles. The van der Waals surface area contributed by atoms with Gasteiger partial charge in [-0.3, -0.25) is 0 Å². The Labute approximate surface area is 69.7 Å². The molecule has 0 unspecified atom stereocenters. The fraction of sp³-hybridized carbons (Fsp3) is 0.125. The number of rotatable bonds is 0. The molecule has 0 radical (unpaired) electrons. The Kier molecular flexibility index (Phi) is 1.52. The second kappa shape index (κ2) is 2.38. The number of hydrogen-bond acceptors (Lipinski definition) is 1. The van der Waals surface area contributed by atoms with E-state index in [0.29, 0.717) is 0 Å². The van der Waals surface area contributed by atoms with E-state index in [1.807, 2.05) is 6.20 Å². The second-order valence-electron chi connectivity index (χ2n) is 2.37. The van der Waals surface area contributed by atoms with Crippen LogP contribution in [-0.4, -0.2) is 23.9 Å². The molecule has 0 atom stereocenters. The number of hydrogen-bond donors (Lipinski definition) is 0. The predicted molar refractivity (Wildman–Crippen MR) is 43.4 cm³/mol. The average molecular weight is 245 g/mol. The van der Waals surface area contributed by atoms with Gasteiger partial charge < -0.3 is 0 Å². The maximum absolute atomic E-state index is 4.30. The van der Waals surface area contributed by atoms with Crippen molar-refractivity contribution in [2.75, 3.05) is 0 Å². The predicted octanol–water partition coefficient (Wildman–Crippen LogP) is 1.60. The third kappa shape index (κ3) is 0.982. The van der Waals surface area contributed by atoms with Crippen molar-refractivity contribution in [3.8, 4) is 0 Å². The summed E-state index contributed by atoms with van der Waals surface area (Å²) in [6.07, 6.45) is 2.00. The van der Waals surface area contributed by atoms with E-state index in [4.69, 9.17) is 0 Å². The van der Waals surface area contributed by atoms with E-state index < -0.39 is 0 Å². The number of aryl methyl sites for hydroxylation is 1. The van der Waals surface area contributed by atoms with Gasteiger partial charge >= 0.3 is 69.6 Å². The van der Waals surface area contributed by atoms with Gasteiger partial charge in [0.1, 0.15) is 0 Å². The van der Waals surface area contributed by atoms with Gasteiger partial charge in [0.2, 0.25) is 0 Å². The van der Waals surface area contributed by atoms with Crippen molar-refractivity contribution in [1.29, 1.82) is 0 Å². The first-order chi connectivity index (χ1) is 4.86. The van der Waals surface area contributed by atoms with Crippen LogP contribution in [0.25, 0.3) is 8.79 Å². The fourth-order valence-electron chi connectivity index (χ4n) is 0.992. The van der Waals surface area contributed by atoms with Gasteiger partial charge in [-0.25, -0.2) is 0 Å². The Balaban J connectivity index is 2.86. The van der Waals surface area contributed by atoms with Crippen LogP contribution in [0.1, 0.15) is 5.56 Å². The molecule has 1 aromatic heterocycles. The first-order valence-electron chi connectivity index (χ1n) is 3.17. The molecule has 1 aromatic carbocycles. The van der Waals surface area contributed by atoms with Crippen LogP contribution < -0.4 is 0 Å². The summed E-state index contributed by atoms with van der Waals surface area (Å²) in [5, 5.41) is 1.35.